The highest BCUT2D eigenvalue weighted by Gasteiger charge is 2.18. The van der Waals surface area contributed by atoms with E-state index in [1.54, 1.807) is 0 Å². The molecule has 0 atom stereocenters. The highest BCUT2D eigenvalue weighted by atomic mass is 15.3. The van der Waals surface area contributed by atoms with Gasteiger partial charge >= 0.3 is 0 Å². The predicted octanol–water partition coefficient (Wildman–Crippen LogP) is 2.66. The molecule has 0 bridgehead atoms. The Bertz CT molecular complexity index is 577. The van der Waals surface area contributed by atoms with Crippen molar-refractivity contribution in [1.82, 2.24) is 19.3 Å². The minimum atomic E-state index is 0.317. The summed E-state index contributed by atoms with van der Waals surface area (Å²) in [7, 11) is 0. The molecule has 0 aliphatic carbocycles. The van der Waals surface area contributed by atoms with Crippen LogP contribution >= 0.6 is 0 Å². The van der Waals surface area contributed by atoms with E-state index in [0.717, 1.165) is 23.6 Å². The van der Waals surface area contributed by atoms with Crippen molar-refractivity contribution >= 4 is 5.82 Å². The third kappa shape index (κ3) is 2.41. The molecule has 0 radical (unpaired) electrons. The van der Waals surface area contributed by atoms with Crippen molar-refractivity contribution in [3.63, 3.8) is 0 Å². The first-order valence-electron chi connectivity index (χ1n) is 6.58. The van der Waals surface area contributed by atoms with Gasteiger partial charge in [0.05, 0.1) is 6.20 Å². The number of rotatable bonds is 5. The number of hydrogen-bond acceptors (Lipinski definition) is 3. The standard InChI is InChI=1S/C14H21N5/c1-5-7-19-13(15)12(17-14(19)10(3)4)11-8-16-18(6-2)9-11/h5,8-10H,1,6-7,15H2,2-4H3. The van der Waals surface area contributed by atoms with Crippen LogP contribution in [0.1, 0.15) is 32.5 Å². The smallest absolute Gasteiger partial charge is 0.132 e. The molecule has 102 valence electrons. The van der Waals surface area contributed by atoms with Gasteiger partial charge in [-0.05, 0) is 6.92 Å². The van der Waals surface area contributed by atoms with Gasteiger partial charge in [-0.15, -0.1) is 6.58 Å². The Morgan fingerprint density at radius 2 is 2.21 bits per heavy atom. The molecule has 5 heteroatoms. The number of hydrogen-bond donors (Lipinski definition) is 1. The normalized spacial score (nSPS) is 11.2. The molecule has 0 saturated heterocycles. The predicted molar refractivity (Wildman–Crippen MR) is 77.8 cm³/mol. The van der Waals surface area contributed by atoms with Crippen molar-refractivity contribution in [3.8, 4) is 11.3 Å². The molecule has 0 amide bonds. The first-order chi connectivity index (χ1) is 9.08. The summed E-state index contributed by atoms with van der Waals surface area (Å²) < 4.78 is 3.88. The van der Waals surface area contributed by atoms with Crippen molar-refractivity contribution in [2.75, 3.05) is 5.73 Å². The molecule has 0 unspecified atom stereocenters. The van der Waals surface area contributed by atoms with E-state index >= 15 is 0 Å². The fourth-order valence-electron chi connectivity index (χ4n) is 2.12. The Labute approximate surface area is 113 Å². The van der Waals surface area contributed by atoms with Crippen LogP contribution in [0.25, 0.3) is 11.3 Å². The molecule has 0 spiro atoms. The SMILES string of the molecule is C=CCn1c(C(C)C)nc(-c2cnn(CC)c2)c1N. The van der Waals surface area contributed by atoms with E-state index < -0.39 is 0 Å². The van der Waals surface area contributed by atoms with Crippen molar-refractivity contribution in [3.05, 3.63) is 30.9 Å². The van der Waals surface area contributed by atoms with Crippen molar-refractivity contribution < 1.29 is 0 Å². The van der Waals surface area contributed by atoms with Gasteiger partial charge in [0, 0.05) is 30.8 Å². The van der Waals surface area contributed by atoms with Crippen LogP contribution in [-0.2, 0) is 13.1 Å². The lowest BCUT2D eigenvalue weighted by atomic mass is 10.2. The Morgan fingerprint density at radius 1 is 1.47 bits per heavy atom. The number of nitrogens with zero attached hydrogens (tertiary/aromatic N) is 4. The van der Waals surface area contributed by atoms with Gasteiger partial charge in [-0.2, -0.15) is 5.10 Å². The van der Waals surface area contributed by atoms with Gasteiger partial charge < -0.3 is 10.3 Å². The first kappa shape index (κ1) is 13.4. The number of anilines is 1. The summed E-state index contributed by atoms with van der Waals surface area (Å²) >= 11 is 0. The minimum absolute atomic E-state index is 0.317. The molecule has 2 aromatic rings. The summed E-state index contributed by atoms with van der Waals surface area (Å²) in [5, 5.41) is 4.27. The van der Waals surface area contributed by atoms with E-state index in [4.69, 9.17) is 5.73 Å². The lowest BCUT2D eigenvalue weighted by molar-refractivity contribution is 0.660. The van der Waals surface area contributed by atoms with E-state index in [9.17, 15) is 0 Å². The molecule has 2 N–H and O–H groups in total. The average molecular weight is 259 g/mol. The number of aromatic nitrogens is 4. The van der Waals surface area contributed by atoms with Crippen LogP contribution in [0, 0.1) is 0 Å². The highest BCUT2D eigenvalue weighted by Crippen LogP contribution is 2.29. The molecule has 0 aliphatic heterocycles. The molecule has 0 fully saturated rings. The van der Waals surface area contributed by atoms with Gasteiger partial charge in [-0.3, -0.25) is 4.68 Å². The number of allylic oxidation sites excluding steroid dienone is 1. The molecule has 19 heavy (non-hydrogen) atoms. The molecular weight excluding hydrogens is 238 g/mol. The van der Waals surface area contributed by atoms with E-state index in [1.165, 1.54) is 0 Å². The number of aryl methyl sites for hydroxylation is 1. The van der Waals surface area contributed by atoms with E-state index in [0.29, 0.717) is 18.3 Å². The summed E-state index contributed by atoms with van der Waals surface area (Å²) in [6, 6.07) is 0. The molecular formula is C14H21N5. The average Bonchev–Trinajstić information content (AvgIpc) is 2.96. The van der Waals surface area contributed by atoms with Crippen LogP contribution in [0.3, 0.4) is 0 Å². The van der Waals surface area contributed by atoms with Gasteiger partial charge in [-0.1, -0.05) is 19.9 Å². The quantitative estimate of drug-likeness (QED) is 0.840. The molecule has 2 rings (SSSR count). The van der Waals surface area contributed by atoms with Crippen molar-refractivity contribution in [2.45, 2.75) is 39.8 Å². The Morgan fingerprint density at radius 3 is 2.74 bits per heavy atom. The number of nitrogen functional groups attached to an aromatic ring is 1. The lowest BCUT2D eigenvalue weighted by Crippen LogP contribution is -2.07. The van der Waals surface area contributed by atoms with E-state index in [1.807, 2.05) is 27.7 Å². The second-order valence-electron chi connectivity index (χ2n) is 4.84. The van der Waals surface area contributed by atoms with Gasteiger partial charge in [-0.25, -0.2) is 4.98 Å². The van der Waals surface area contributed by atoms with Crippen molar-refractivity contribution in [2.24, 2.45) is 0 Å². The maximum Gasteiger partial charge on any atom is 0.132 e. The van der Waals surface area contributed by atoms with E-state index in [-0.39, 0.29) is 0 Å². The maximum absolute atomic E-state index is 6.23. The summed E-state index contributed by atoms with van der Waals surface area (Å²) in [4.78, 5) is 4.68. The zero-order valence-corrected chi connectivity index (χ0v) is 11.8. The third-order valence-electron chi connectivity index (χ3n) is 3.10. The van der Waals surface area contributed by atoms with Crippen LogP contribution < -0.4 is 5.73 Å². The van der Waals surface area contributed by atoms with Crippen LogP contribution in [0.5, 0.6) is 0 Å². The fourth-order valence-corrected chi connectivity index (χ4v) is 2.12. The summed E-state index contributed by atoms with van der Waals surface area (Å²) in [6.07, 6.45) is 5.62. The van der Waals surface area contributed by atoms with Gasteiger partial charge in [0.1, 0.15) is 17.3 Å². The molecule has 5 nitrogen and oxygen atoms in total. The van der Waals surface area contributed by atoms with Crippen LogP contribution in [0.4, 0.5) is 5.82 Å². The first-order valence-corrected chi connectivity index (χ1v) is 6.58. The zero-order chi connectivity index (χ0) is 14.0. The van der Waals surface area contributed by atoms with Gasteiger partial charge in [0.15, 0.2) is 0 Å². The summed E-state index contributed by atoms with van der Waals surface area (Å²) in [6.45, 7) is 11.6. The van der Waals surface area contributed by atoms with Crippen molar-refractivity contribution in [1.29, 1.82) is 0 Å². The Kier molecular flexibility index (Phi) is 3.74. The second-order valence-corrected chi connectivity index (χ2v) is 4.84. The molecule has 0 saturated carbocycles. The Balaban J connectivity index is 2.51. The third-order valence-corrected chi connectivity index (χ3v) is 3.10. The van der Waals surface area contributed by atoms with Gasteiger partial charge in [0.25, 0.3) is 0 Å². The lowest BCUT2D eigenvalue weighted by Gasteiger charge is -2.08. The molecule has 0 aromatic carbocycles. The highest BCUT2D eigenvalue weighted by molar-refractivity contribution is 5.70. The number of nitrogens with two attached hydrogens (primary N) is 1. The minimum Gasteiger partial charge on any atom is -0.383 e. The molecule has 2 aromatic heterocycles. The van der Waals surface area contributed by atoms with Crippen LogP contribution in [0.2, 0.25) is 0 Å². The monoisotopic (exact) mass is 259 g/mol. The summed E-state index contributed by atoms with van der Waals surface area (Å²) in [5.41, 5.74) is 8.00. The fraction of sp³-hybridized carbons (Fsp3) is 0.429. The molecule has 0 aliphatic rings. The zero-order valence-electron chi connectivity index (χ0n) is 11.8. The van der Waals surface area contributed by atoms with E-state index in [2.05, 4.69) is 37.4 Å². The largest absolute Gasteiger partial charge is 0.383 e. The van der Waals surface area contributed by atoms with Crippen LogP contribution in [0.15, 0.2) is 25.0 Å². The molecule has 2 heterocycles. The second kappa shape index (κ2) is 5.30. The Hall–Kier alpha value is -2.04. The number of imidazole rings is 1. The topological polar surface area (TPSA) is 61.7 Å². The maximum atomic E-state index is 6.23. The summed E-state index contributed by atoms with van der Waals surface area (Å²) in [5.74, 6) is 1.98. The van der Waals surface area contributed by atoms with Crippen LogP contribution in [-0.4, -0.2) is 19.3 Å². The van der Waals surface area contributed by atoms with Gasteiger partial charge in [0.2, 0.25) is 0 Å².